The highest BCUT2D eigenvalue weighted by molar-refractivity contribution is 5.89. The number of esters is 2. The molecule has 0 saturated heterocycles. The van der Waals surface area contributed by atoms with Crippen LogP contribution in [0.4, 0.5) is 0 Å². The topological polar surface area (TPSA) is 93.1 Å². The smallest absolute Gasteiger partial charge is 0.337 e. The summed E-state index contributed by atoms with van der Waals surface area (Å²) in [6.07, 6.45) is -2.91. The quantitative estimate of drug-likeness (QED) is 0.750. The van der Waals surface area contributed by atoms with Gasteiger partial charge in [0.25, 0.3) is 0 Å². The van der Waals surface area contributed by atoms with Crippen molar-refractivity contribution >= 4 is 11.9 Å². The number of aliphatic hydroxyl groups is 2. The molecule has 0 spiro atoms. The maximum atomic E-state index is 11.4. The van der Waals surface area contributed by atoms with Crippen molar-refractivity contribution in [3.8, 4) is 0 Å². The van der Waals surface area contributed by atoms with E-state index >= 15 is 0 Å². The number of carbonyl (C=O) groups excluding carboxylic acids is 2. The molecule has 0 amide bonds. The minimum Gasteiger partial charge on any atom is -0.466 e. The third-order valence-electron chi connectivity index (χ3n) is 2.69. The van der Waals surface area contributed by atoms with Crippen molar-refractivity contribution in [1.29, 1.82) is 0 Å². The second kappa shape index (κ2) is 7.62. The largest absolute Gasteiger partial charge is 0.466 e. The molecule has 0 bridgehead atoms. The van der Waals surface area contributed by atoms with Gasteiger partial charge in [-0.2, -0.15) is 0 Å². The maximum Gasteiger partial charge on any atom is 0.337 e. The Morgan fingerprint density at radius 2 is 2.00 bits per heavy atom. The highest BCUT2D eigenvalue weighted by Gasteiger charge is 2.22. The molecule has 0 radical (unpaired) electrons. The lowest BCUT2D eigenvalue weighted by molar-refractivity contribution is -0.147. The summed E-state index contributed by atoms with van der Waals surface area (Å²) in [4.78, 5) is 22.6. The van der Waals surface area contributed by atoms with Gasteiger partial charge in [0, 0.05) is 0 Å². The molecular weight excluding hydrogens is 264 g/mol. The van der Waals surface area contributed by atoms with Crippen molar-refractivity contribution in [1.82, 2.24) is 0 Å². The predicted molar refractivity (Wildman–Crippen MR) is 70.0 cm³/mol. The maximum absolute atomic E-state index is 11.4. The molecule has 0 fully saturated rings. The number of hydrogen-bond donors (Lipinski definition) is 2. The fraction of sp³-hybridized carbons (Fsp3) is 0.429. The summed E-state index contributed by atoms with van der Waals surface area (Å²) >= 11 is 0. The molecule has 0 saturated carbocycles. The van der Waals surface area contributed by atoms with Crippen molar-refractivity contribution in [3.05, 3.63) is 35.4 Å². The summed E-state index contributed by atoms with van der Waals surface area (Å²) in [6, 6.07) is 6.04. The highest BCUT2D eigenvalue weighted by Crippen LogP contribution is 2.20. The Morgan fingerprint density at radius 3 is 2.60 bits per heavy atom. The van der Waals surface area contributed by atoms with Crippen LogP contribution in [0.25, 0.3) is 0 Å². The highest BCUT2D eigenvalue weighted by atomic mass is 16.5. The number of carbonyl (C=O) groups is 2. The third-order valence-corrected chi connectivity index (χ3v) is 2.69. The summed E-state index contributed by atoms with van der Waals surface area (Å²) in [5, 5.41) is 19.8. The fourth-order valence-electron chi connectivity index (χ4n) is 1.69. The van der Waals surface area contributed by atoms with E-state index in [9.17, 15) is 19.8 Å². The van der Waals surface area contributed by atoms with Crippen LogP contribution in [0.2, 0.25) is 0 Å². The molecule has 6 heteroatoms. The standard InChI is InChI=1S/C14H18O6/c1-3-20-12(16)8-11(15)13(17)9-5-4-6-10(7-9)14(18)19-2/h4-7,11,13,15,17H,3,8H2,1-2H3. The summed E-state index contributed by atoms with van der Waals surface area (Å²) in [5.41, 5.74) is 0.581. The molecule has 20 heavy (non-hydrogen) atoms. The molecular formula is C14H18O6. The van der Waals surface area contributed by atoms with Gasteiger partial charge in [-0.1, -0.05) is 12.1 Å². The molecule has 0 aliphatic heterocycles. The van der Waals surface area contributed by atoms with Gasteiger partial charge in [0.05, 0.1) is 31.8 Å². The van der Waals surface area contributed by atoms with E-state index in [1.54, 1.807) is 19.1 Å². The molecule has 0 aliphatic carbocycles. The predicted octanol–water partition coefficient (Wildman–Crippen LogP) is 0.821. The van der Waals surface area contributed by atoms with E-state index in [0.717, 1.165) is 0 Å². The van der Waals surface area contributed by atoms with Crippen molar-refractivity contribution in [2.24, 2.45) is 0 Å². The number of methoxy groups -OCH3 is 1. The van der Waals surface area contributed by atoms with E-state index in [0.29, 0.717) is 5.56 Å². The van der Waals surface area contributed by atoms with Gasteiger partial charge >= 0.3 is 11.9 Å². The Balaban J connectivity index is 2.78. The zero-order chi connectivity index (χ0) is 15.1. The van der Waals surface area contributed by atoms with Gasteiger partial charge in [0.2, 0.25) is 0 Å². The monoisotopic (exact) mass is 282 g/mol. The average Bonchev–Trinajstić information content (AvgIpc) is 2.45. The van der Waals surface area contributed by atoms with Crippen LogP contribution < -0.4 is 0 Å². The van der Waals surface area contributed by atoms with Gasteiger partial charge in [-0.15, -0.1) is 0 Å². The van der Waals surface area contributed by atoms with Crippen molar-refractivity contribution in [3.63, 3.8) is 0 Å². The molecule has 0 heterocycles. The van der Waals surface area contributed by atoms with E-state index in [1.807, 2.05) is 0 Å². The minimum absolute atomic E-state index is 0.208. The zero-order valence-electron chi connectivity index (χ0n) is 11.4. The molecule has 0 aromatic heterocycles. The molecule has 2 unspecified atom stereocenters. The Kier molecular flexibility index (Phi) is 6.14. The van der Waals surface area contributed by atoms with Crippen LogP contribution in [0.5, 0.6) is 0 Å². The lowest BCUT2D eigenvalue weighted by Crippen LogP contribution is -2.23. The van der Waals surface area contributed by atoms with Gasteiger partial charge < -0.3 is 19.7 Å². The van der Waals surface area contributed by atoms with E-state index in [-0.39, 0.29) is 18.6 Å². The fourth-order valence-corrected chi connectivity index (χ4v) is 1.69. The molecule has 2 atom stereocenters. The first kappa shape index (κ1) is 16.1. The number of benzene rings is 1. The summed E-state index contributed by atoms with van der Waals surface area (Å²) < 4.78 is 9.26. The second-order valence-corrected chi connectivity index (χ2v) is 4.14. The molecule has 1 aromatic carbocycles. The van der Waals surface area contributed by atoms with Crippen molar-refractivity contribution in [2.75, 3.05) is 13.7 Å². The van der Waals surface area contributed by atoms with Crippen LogP contribution in [0.15, 0.2) is 24.3 Å². The van der Waals surface area contributed by atoms with Crippen LogP contribution >= 0.6 is 0 Å². The average molecular weight is 282 g/mol. The van der Waals surface area contributed by atoms with Crippen LogP contribution in [0.3, 0.4) is 0 Å². The number of hydrogen-bond acceptors (Lipinski definition) is 6. The van der Waals surface area contributed by atoms with Gasteiger partial charge in [0.1, 0.15) is 6.10 Å². The first-order chi connectivity index (χ1) is 9.49. The van der Waals surface area contributed by atoms with Crippen LogP contribution in [-0.2, 0) is 14.3 Å². The first-order valence-corrected chi connectivity index (χ1v) is 6.19. The molecule has 0 aliphatic rings. The lowest BCUT2D eigenvalue weighted by Gasteiger charge is -2.17. The molecule has 110 valence electrons. The third kappa shape index (κ3) is 4.32. The van der Waals surface area contributed by atoms with Gasteiger partial charge in [0.15, 0.2) is 0 Å². The van der Waals surface area contributed by atoms with Gasteiger partial charge in [-0.25, -0.2) is 4.79 Å². The van der Waals surface area contributed by atoms with Crippen LogP contribution in [0.1, 0.15) is 35.4 Å². The lowest BCUT2D eigenvalue weighted by atomic mass is 10.00. The SMILES string of the molecule is CCOC(=O)CC(O)C(O)c1cccc(C(=O)OC)c1. The normalized spacial score (nSPS) is 13.4. The Labute approximate surface area is 116 Å². The van der Waals surface area contributed by atoms with Crippen LogP contribution in [-0.4, -0.2) is 42.0 Å². The first-order valence-electron chi connectivity index (χ1n) is 6.19. The number of ether oxygens (including phenoxy) is 2. The van der Waals surface area contributed by atoms with E-state index < -0.39 is 24.1 Å². The second-order valence-electron chi connectivity index (χ2n) is 4.14. The summed E-state index contributed by atoms with van der Waals surface area (Å²) in [6.45, 7) is 1.86. The number of aliphatic hydroxyl groups excluding tert-OH is 2. The number of rotatable bonds is 6. The van der Waals surface area contributed by atoms with Crippen LogP contribution in [0, 0.1) is 0 Å². The van der Waals surface area contributed by atoms with Crippen molar-refractivity contribution in [2.45, 2.75) is 25.6 Å². The zero-order valence-corrected chi connectivity index (χ0v) is 11.4. The molecule has 1 aromatic rings. The molecule has 6 nitrogen and oxygen atoms in total. The Bertz CT molecular complexity index is 470. The van der Waals surface area contributed by atoms with E-state index in [4.69, 9.17) is 4.74 Å². The molecule has 1 rings (SSSR count). The summed E-state index contributed by atoms with van der Waals surface area (Å²) in [7, 11) is 1.25. The van der Waals surface area contributed by atoms with Crippen molar-refractivity contribution < 1.29 is 29.3 Å². The minimum atomic E-state index is -1.30. The molecule has 2 N–H and O–H groups in total. The summed E-state index contributed by atoms with van der Waals surface area (Å²) in [5.74, 6) is -1.14. The van der Waals surface area contributed by atoms with E-state index in [1.165, 1.54) is 19.2 Å². The van der Waals surface area contributed by atoms with Gasteiger partial charge in [-0.05, 0) is 24.6 Å². The van der Waals surface area contributed by atoms with Gasteiger partial charge in [-0.3, -0.25) is 4.79 Å². The van der Waals surface area contributed by atoms with E-state index in [2.05, 4.69) is 4.74 Å². The Morgan fingerprint density at radius 1 is 1.30 bits per heavy atom. The Hall–Kier alpha value is -1.92.